The Morgan fingerprint density at radius 2 is 1.51 bits per heavy atom. The van der Waals surface area contributed by atoms with Gasteiger partial charge in [-0.25, -0.2) is 0 Å². The third-order valence-corrected chi connectivity index (χ3v) is 9.15. The van der Waals surface area contributed by atoms with Gasteiger partial charge < -0.3 is 39.7 Å². The van der Waals surface area contributed by atoms with Gasteiger partial charge in [-0.1, -0.05) is 66.7 Å². The second kappa shape index (κ2) is 15.0. The van der Waals surface area contributed by atoms with Crippen molar-refractivity contribution in [3.63, 3.8) is 0 Å². The number of aliphatic hydroxyl groups excluding tert-OH is 4. The standard InChI is InChI=1S/C40H38O11/c1-21-34(43)38(47)39(48)40(49-21)51-30-19-28-33(35(44)27(30)15-9-14-23-10-5-3-6-11-23)37(46)31-25(20-41)18-29(50-22(2)42)26(32(31)36(28)45)17-16-24-12-7-4-8-13-24/h3-8,10-13,16-19,21,34,38-41,43-44,47-48H,9,14-15,20H2,1-2H3/b17-16-/t21-,34+,38+,39+,40+/m0/s1. The smallest absolute Gasteiger partial charge is 0.308 e. The zero-order valence-electron chi connectivity index (χ0n) is 28.0. The summed E-state index contributed by atoms with van der Waals surface area (Å²) in [4.78, 5) is 41.2. The molecule has 2 aliphatic rings. The third kappa shape index (κ3) is 7.07. The summed E-state index contributed by atoms with van der Waals surface area (Å²) in [7, 11) is 0. The van der Waals surface area contributed by atoms with E-state index in [1.165, 1.54) is 26.0 Å². The van der Waals surface area contributed by atoms with E-state index < -0.39 is 60.6 Å². The first-order chi connectivity index (χ1) is 24.5. The van der Waals surface area contributed by atoms with Crippen LogP contribution in [0.25, 0.3) is 12.2 Å². The zero-order valence-corrected chi connectivity index (χ0v) is 28.0. The average molecular weight is 695 g/mol. The van der Waals surface area contributed by atoms with E-state index in [0.717, 1.165) is 11.1 Å². The Balaban J connectivity index is 1.50. The van der Waals surface area contributed by atoms with Gasteiger partial charge in [-0.15, -0.1) is 0 Å². The van der Waals surface area contributed by atoms with Crippen LogP contribution in [0.1, 0.15) is 79.9 Å². The number of fused-ring (bicyclic) bond motifs is 2. The van der Waals surface area contributed by atoms with Gasteiger partial charge in [0.15, 0.2) is 11.6 Å². The minimum Gasteiger partial charge on any atom is -0.507 e. The topological polar surface area (TPSA) is 180 Å². The molecule has 5 atom stereocenters. The second-order valence-electron chi connectivity index (χ2n) is 12.6. The van der Waals surface area contributed by atoms with Crippen LogP contribution in [0.4, 0.5) is 0 Å². The Hall–Kier alpha value is -5.17. The molecule has 11 heteroatoms. The number of aliphatic hydroxyl groups is 4. The number of ether oxygens (including phenoxy) is 3. The van der Waals surface area contributed by atoms with E-state index in [4.69, 9.17) is 14.2 Å². The molecule has 5 N–H and O–H groups in total. The first-order valence-corrected chi connectivity index (χ1v) is 16.6. The molecule has 1 fully saturated rings. The van der Waals surface area contributed by atoms with Gasteiger partial charge in [0.2, 0.25) is 6.29 Å². The number of rotatable bonds is 10. The van der Waals surface area contributed by atoms with Crippen molar-refractivity contribution in [2.45, 2.75) is 70.4 Å². The molecule has 4 aromatic carbocycles. The van der Waals surface area contributed by atoms with Crippen LogP contribution in [0.3, 0.4) is 0 Å². The van der Waals surface area contributed by atoms with E-state index in [0.29, 0.717) is 12.8 Å². The molecule has 6 rings (SSSR count). The number of phenolic OH excluding ortho intramolecular Hbond substituents is 1. The summed E-state index contributed by atoms with van der Waals surface area (Å²) < 4.78 is 17.2. The number of phenols is 1. The van der Waals surface area contributed by atoms with E-state index in [1.807, 2.05) is 60.7 Å². The molecule has 0 radical (unpaired) electrons. The number of aryl methyl sites for hydroxylation is 1. The van der Waals surface area contributed by atoms with Crippen LogP contribution < -0.4 is 9.47 Å². The van der Waals surface area contributed by atoms with Gasteiger partial charge in [0.1, 0.15) is 35.6 Å². The lowest BCUT2D eigenvalue weighted by molar-refractivity contribution is -0.268. The number of benzene rings is 4. The predicted molar refractivity (Wildman–Crippen MR) is 185 cm³/mol. The van der Waals surface area contributed by atoms with Gasteiger partial charge in [-0.3, -0.25) is 14.4 Å². The van der Waals surface area contributed by atoms with E-state index >= 15 is 0 Å². The molecule has 1 heterocycles. The Labute approximate surface area is 294 Å². The van der Waals surface area contributed by atoms with E-state index in [-0.39, 0.29) is 56.9 Å². The first-order valence-electron chi connectivity index (χ1n) is 16.6. The molecule has 11 nitrogen and oxygen atoms in total. The lowest BCUT2D eigenvalue weighted by atomic mass is 9.77. The van der Waals surface area contributed by atoms with Gasteiger partial charge in [-0.05, 0) is 61.1 Å². The summed E-state index contributed by atoms with van der Waals surface area (Å²) in [6.07, 6.45) is -2.68. The molecule has 1 saturated heterocycles. The number of carbonyl (C=O) groups is 3. The highest BCUT2D eigenvalue weighted by Crippen LogP contribution is 2.45. The fraction of sp³-hybridized carbons (Fsp3) is 0.275. The summed E-state index contributed by atoms with van der Waals surface area (Å²) in [6.45, 7) is 2.00. The molecule has 1 aliphatic heterocycles. The van der Waals surface area contributed by atoms with Gasteiger partial charge in [0.25, 0.3) is 0 Å². The average Bonchev–Trinajstić information content (AvgIpc) is 3.12. The number of hydrogen-bond acceptors (Lipinski definition) is 11. The second-order valence-corrected chi connectivity index (χ2v) is 12.6. The monoisotopic (exact) mass is 694 g/mol. The van der Waals surface area contributed by atoms with Crippen LogP contribution in [0.5, 0.6) is 17.2 Å². The van der Waals surface area contributed by atoms with Gasteiger partial charge in [0.05, 0.1) is 18.3 Å². The fourth-order valence-corrected chi connectivity index (χ4v) is 6.55. The summed E-state index contributed by atoms with van der Waals surface area (Å²) >= 11 is 0. The molecule has 0 saturated carbocycles. The maximum Gasteiger partial charge on any atom is 0.308 e. The van der Waals surface area contributed by atoms with Crippen molar-refractivity contribution in [3.8, 4) is 17.2 Å². The van der Waals surface area contributed by atoms with Crippen molar-refractivity contribution in [3.05, 3.63) is 123 Å². The molecule has 0 amide bonds. The molecule has 264 valence electrons. The van der Waals surface area contributed by atoms with Crippen LogP contribution in [0.15, 0.2) is 72.8 Å². The highest BCUT2D eigenvalue weighted by Gasteiger charge is 2.44. The van der Waals surface area contributed by atoms with Crippen LogP contribution in [-0.2, 0) is 29.0 Å². The molecule has 0 spiro atoms. The van der Waals surface area contributed by atoms with Crippen molar-refractivity contribution in [1.29, 1.82) is 0 Å². The number of ketones is 2. The maximum atomic E-state index is 14.6. The quantitative estimate of drug-likeness (QED) is 0.0806. The molecule has 51 heavy (non-hydrogen) atoms. The fourth-order valence-electron chi connectivity index (χ4n) is 6.55. The molecular weight excluding hydrogens is 656 g/mol. The summed E-state index contributed by atoms with van der Waals surface area (Å²) in [5, 5.41) is 53.7. The van der Waals surface area contributed by atoms with Gasteiger partial charge in [0, 0.05) is 34.7 Å². The van der Waals surface area contributed by atoms with E-state index in [9.17, 15) is 39.9 Å². The summed E-state index contributed by atoms with van der Waals surface area (Å²) in [6, 6.07) is 21.3. The van der Waals surface area contributed by atoms with E-state index in [2.05, 4.69) is 0 Å². The number of aromatic hydroxyl groups is 1. The predicted octanol–water partition coefficient (Wildman–Crippen LogP) is 4.14. The number of esters is 1. The number of carbonyl (C=O) groups excluding carboxylic acids is 3. The first kappa shape index (κ1) is 35.6. The Morgan fingerprint density at radius 1 is 0.824 bits per heavy atom. The minimum absolute atomic E-state index is 0.0210. The largest absolute Gasteiger partial charge is 0.507 e. The molecule has 0 aromatic heterocycles. The SMILES string of the molecule is CC(=O)Oc1cc(CO)c2c(c1/C=C\c1ccccc1)C(=O)c1cc(O[C@H]3O[C@@H](C)[C@@H](O)[C@@H](O)[C@H]3O)c(CCCc3ccccc3)c(O)c1C2=O. The van der Waals surface area contributed by atoms with Crippen molar-refractivity contribution in [2.75, 3.05) is 0 Å². The van der Waals surface area contributed by atoms with Crippen LogP contribution in [-0.4, -0.2) is 73.8 Å². The van der Waals surface area contributed by atoms with Crippen LogP contribution in [0.2, 0.25) is 0 Å². The minimum atomic E-state index is -1.70. The highest BCUT2D eigenvalue weighted by molar-refractivity contribution is 6.31. The Morgan fingerprint density at radius 3 is 2.18 bits per heavy atom. The Bertz CT molecular complexity index is 1990. The maximum absolute atomic E-state index is 14.6. The molecule has 0 bridgehead atoms. The Kier molecular flexibility index (Phi) is 10.5. The van der Waals surface area contributed by atoms with Gasteiger partial charge >= 0.3 is 5.97 Å². The van der Waals surface area contributed by atoms with Crippen molar-refractivity contribution >= 4 is 29.7 Å². The molecular formula is C40H38O11. The van der Waals surface area contributed by atoms with Gasteiger partial charge in [-0.2, -0.15) is 0 Å². The van der Waals surface area contributed by atoms with Crippen molar-refractivity contribution < 1.29 is 54.1 Å². The number of hydrogen-bond donors (Lipinski definition) is 5. The summed E-state index contributed by atoms with van der Waals surface area (Å²) in [5.74, 6) is -2.80. The van der Waals surface area contributed by atoms with Crippen LogP contribution in [0, 0.1) is 0 Å². The van der Waals surface area contributed by atoms with E-state index in [1.54, 1.807) is 12.2 Å². The lowest BCUT2D eigenvalue weighted by Crippen LogP contribution is -2.58. The van der Waals surface area contributed by atoms with Crippen LogP contribution >= 0.6 is 0 Å². The van der Waals surface area contributed by atoms with Crippen molar-refractivity contribution in [1.82, 2.24) is 0 Å². The zero-order chi connectivity index (χ0) is 36.4. The highest BCUT2D eigenvalue weighted by atomic mass is 16.7. The molecule has 1 aliphatic carbocycles. The normalized spacial score (nSPS) is 21.3. The third-order valence-electron chi connectivity index (χ3n) is 9.15. The van der Waals surface area contributed by atoms with Crippen molar-refractivity contribution in [2.24, 2.45) is 0 Å². The molecule has 0 unspecified atom stereocenters. The lowest BCUT2D eigenvalue weighted by Gasteiger charge is -2.39. The molecule has 4 aromatic rings. The summed E-state index contributed by atoms with van der Waals surface area (Å²) in [5.41, 5.74) is 1.25.